The molecule has 17 nitrogen and oxygen atoms in total. The topological polar surface area (TPSA) is 228 Å². The number of nitrogens with zero attached hydrogens (tertiary/aromatic N) is 4. The number of cyclic esters (lactones) is 1. The first-order valence-corrected chi connectivity index (χ1v) is 19.4. The number of alkyl carbamates (subject to hydrolysis) is 1. The number of nitrogens with one attached hydrogen (secondary N) is 1. The second kappa shape index (κ2) is 17.4. The zero-order valence-electron chi connectivity index (χ0n) is 34.6. The molecule has 0 radical (unpaired) electrons. The van der Waals surface area contributed by atoms with Gasteiger partial charge in [0, 0.05) is 47.8 Å². The maximum Gasteiger partial charge on any atom is 0.408 e. The van der Waals surface area contributed by atoms with Crippen LogP contribution in [0.3, 0.4) is 0 Å². The van der Waals surface area contributed by atoms with Crippen LogP contribution in [0, 0.1) is 29.6 Å². The molecule has 318 valence electrons. The van der Waals surface area contributed by atoms with Crippen LogP contribution in [0.4, 0.5) is 15.1 Å². The summed E-state index contributed by atoms with van der Waals surface area (Å²) in [6, 6.07) is 0.144. The molecule has 2 aromatic heterocycles. The van der Waals surface area contributed by atoms with Crippen LogP contribution >= 0.6 is 0 Å². The molecule has 3 aliphatic heterocycles. The van der Waals surface area contributed by atoms with Gasteiger partial charge in [-0.2, -0.15) is 0 Å². The van der Waals surface area contributed by atoms with E-state index in [4.69, 9.17) is 33.9 Å². The molecular formula is C40H55FN6O11. The van der Waals surface area contributed by atoms with Crippen molar-refractivity contribution in [3.05, 3.63) is 24.2 Å². The molecule has 5 rings (SSSR count). The summed E-state index contributed by atoms with van der Waals surface area (Å²) in [6.45, 7) is 11.7. The van der Waals surface area contributed by atoms with Crippen LogP contribution in [0.15, 0.2) is 23.0 Å². The van der Waals surface area contributed by atoms with E-state index < -0.39 is 95.3 Å². The highest BCUT2D eigenvalue weighted by atomic mass is 19.1. The summed E-state index contributed by atoms with van der Waals surface area (Å²) in [5.41, 5.74) is 0.0441. The molecule has 2 aromatic rings. The maximum absolute atomic E-state index is 16.9. The van der Waals surface area contributed by atoms with Crippen molar-refractivity contribution in [2.24, 2.45) is 17.8 Å². The monoisotopic (exact) mass is 814 g/mol. The Labute approximate surface area is 337 Å². The summed E-state index contributed by atoms with van der Waals surface area (Å²) in [7, 11) is 3.59. The van der Waals surface area contributed by atoms with Gasteiger partial charge in [-0.1, -0.05) is 38.8 Å². The van der Waals surface area contributed by atoms with Gasteiger partial charge in [0.05, 0.1) is 23.9 Å². The Balaban J connectivity index is 1.57. The molecule has 3 saturated heterocycles. The lowest BCUT2D eigenvalue weighted by Crippen LogP contribution is -2.61. The number of esters is 1. The number of ketones is 2. The zero-order chi connectivity index (χ0) is 42.9. The number of amides is 1. The zero-order valence-corrected chi connectivity index (χ0v) is 34.6. The van der Waals surface area contributed by atoms with Crippen molar-refractivity contribution < 1.29 is 56.9 Å². The minimum Gasteiger partial charge on any atom is -0.455 e. The molecule has 0 saturated carbocycles. The van der Waals surface area contributed by atoms with Crippen molar-refractivity contribution >= 4 is 29.6 Å². The summed E-state index contributed by atoms with van der Waals surface area (Å²) in [5, 5.41) is 18.2. The quantitative estimate of drug-likeness (QED) is 0.207. The fraction of sp³-hybridized carbons (Fsp3) is 0.675. The van der Waals surface area contributed by atoms with E-state index in [2.05, 4.69) is 32.3 Å². The first-order valence-electron chi connectivity index (χ1n) is 19.4. The van der Waals surface area contributed by atoms with E-state index in [0.717, 1.165) is 6.92 Å². The second-order valence-corrected chi connectivity index (χ2v) is 16.4. The highest BCUT2D eigenvalue weighted by Crippen LogP contribution is 2.41. The van der Waals surface area contributed by atoms with Crippen LogP contribution in [0.1, 0.15) is 80.4 Å². The average molecular weight is 815 g/mol. The third-order valence-corrected chi connectivity index (χ3v) is 11.6. The lowest BCUT2D eigenvalue weighted by Gasteiger charge is -2.47. The van der Waals surface area contributed by atoms with Gasteiger partial charge >= 0.3 is 12.1 Å². The van der Waals surface area contributed by atoms with Gasteiger partial charge in [-0.3, -0.25) is 9.59 Å². The van der Waals surface area contributed by atoms with Gasteiger partial charge in [0.1, 0.15) is 30.3 Å². The Bertz CT molecular complexity index is 1900. The number of anilines is 1. The van der Waals surface area contributed by atoms with E-state index in [1.165, 1.54) is 26.2 Å². The number of Topliss-reactive ketones (excluding diaryl/α,β-unsaturated/α-hetero) is 2. The number of alkyl halides is 1. The van der Waals surface area contributed by atoms with Gasteiger partial charge in [0.15, 0.2) is 17.7 Å². The summed E-state index contributed by atoms with van der Waals surface area (Å²) in [5.74, 6) is -0.287. The molecule has 0 bridgehead atoms. The third kappa shape index (κ3) is 9.03. The lowest BCUT2D eigenvalue weighted by atomic mass is 9.73. The van der Waals surface area contributed by atoms with Gasteiger partial charge in [-0.05, 0) is 67.0 Å². The van der Waals surface area contributed by atoms with E-state index in [-0.39, 0.29) is 36.9 Å². The van der Waals surface area contributed by atoms with E-state index in [0.29, 0.717) is 17.7 Å². The predicted octanol–water partition coefficient (Wildman–Crippen LogP) is 3.02. The highest BCUT2D eigenvalue weighted by Gasteiger charge is 2.59. The number of carbonyl (C=O) groups is 4. The number of rotatable bonds is 7. The molecule has 4 N–H and O–H groups in total. The van der Waals surface area contributed by atoms with Crippen LogP contribution in [-0.2, 0) is 38.1 Å². The minimum atomic E-state index is -3.24. The highest BCUT2D eigenvalue weighted by molar-refractivity contribution is 6.08. The molecule has 18 heteroatoms. The molecule has 3 fully saturated rings. The van der Waals surface area contributed by atoms with Crippen molar-refractivity contribution in [3.63, 3.8) is 0 Å². The van der Waals surface area contributed by atoms with Crippen LogP contribution in [0.2, 0.25) is 0 Å². The molecule has 58 heavy (non-hydrogen) atoms. The number of ether oxygens (including phenoxy) is 5. The van der Waals surface area contributed by atoms with Crippen LogP contribution in [0.25, 0.3) is 11.3 Å². The molecular weight excluding hydrogens is 759 g/mol. The largest absolute Gasteiger partial charge is 0.455 e. The first-order chi connectivity index (χ1) is 27.1. The minimum absolute atomic E-state index is 0.0655. The smallest absolute Gasteiger partial charge is 0.408 e. The SMILES string of the molecule is CC[C@H]1OC(=O)[C@@](C)(F)C(=O)[C@H](C)[C@@H](O[C@@H]2O[C@H](C)C[C@H](N(C)C)[C@H]2O)[C@](C)(OCC#Cc2cc(-c3cnc(N)nc3)no2)C[C@@H](C)C(=O)[C@H](C)[C@H]2NC(=O)O[C@@]21C. The molecule has 13 atom stereocenters. The first kappa shape index (κ1) is 44.6. The standard InChI is InChI=1S/C40H55FN6O11/c1-11-28-40(8)31(45-37(52)57-40)22(4)29(48)20(2)17-38(6,53-14-12-13-25-16-26(46-58-25)24-18-43-36(42)44-19-24)33(23(5)32(50)39(7,41)35(51)55-28)56-34-30(49)27(47(9)10)15-21(3)54-34/h16,18-23,27-28,30-31,33-34,49H,11,14-15,17H2,1-10H3,(H,45,52)(H2,42,43,44)/t20-,21-,22+,23+,27+,28-,30-,31-,33-,34+,38-,39+,40-/m1/s1. The number of aliphatic hydroxyl groups is 1. The van der Waals surface area contributed by atoms with E-state index in [1.807, 2.05) is 11.8 Å². The van der Waals surface area contributed by atoms with Gasteiger partial charge in [-0.15, -0.1) is 0 Å². The molecule has 1 amide bonds. The van der Waals surface area contributed by atoms with Gasteiger partial charge in [0.25, 0.3) is 5.67 Å². The van der Waals surface area contributed by atoms with E-state index in [9.17, 15) is 24.3 Å². The van der Waals surface area contributed by atoms with Gasteiger partial charge < -0.3 is 49.3 Å². The van der Waals surface area contributed by atoms with Crippen molar-refractivity contribution in [1.29, 1.82) is 0 Å². The molecule has 5 heterocycles. The molecule has 3 aliphatic rings. The van der Waals surface area contributed by atoms with Crippen molar-refractivity contribution in [3.8, 4) is 23.1 Å². The summed E-state index contributed by atoms with van der Waals surface area (Å²) in [4.78, 5) is 64.9. The van der Waals surface area contributed by atoms with Crippen LogP contribution in [0.5, 0.6) is 0 Å². The van der Waals surface area contributed by atoms with Crippen molar-refractivity contribution in [2.75, 3.05) is 26.4 Å². The Morgan fingerprint density at radius 1 is 1.09 bits per heavy atom. The number of hydrogen-bond donors (Lipinski definition) is 3. The van der Waals surface area contributed by atoms with Crippen molar-refractivity contribution in [1.82, 2.24) is 25.3 Å². The predicted molar refractivity (Wildman–Crippen MR) is 204 cm³/mol. The van der Waals surface area contributed by atoms with Gasteiger partial charge in [0.2, 0.25) is 11.7 Å². The average Bonchev–Trinajstić information content (AvgIpc) is 3.77. The Morgan fingerprint density at radius 3 is 2.40 bits per heavy atom. The van der Waals surface area contributed by atoms with E-state index >= 15 is 4.39 Å². The Kier molecular flexibility index (Phi) is 13.3. The maximum atomic E-state index is 16.9. The third-order valence-electron chi connectivity index (χ3n) is 11.6. The molecule has 0 aromatic carbocycles. The Hall–Kier alpha value is -4.54. The lowest BCUT2D eigenvalue weighted by molar-refractivity contribution is -0.296. The number of likely N-dealkylation sites (N-methyl/N-ethyl adjacent to an activating group) is 1. The fourth-order valence-corrected chi connectivity index (χ4v) is 8.39. The number of carbonyl (C=O) groups excluding carboxylic acids is 4. The van der Waals surface area contributed by atoms with Crippen molar-refractivity contribution in [2.45, 2.75) is 134 Å². The van der Waals surface area contributed by atoms with E-state index in [1.54, 1.807) is 47.9 Å². The fourth-order valence-electron chi connectivity index (χ4n) is 8.39. The summed E-state index contributed by atoms with van der Waals surface area (Å²) < 4.78 is 52.7. The van der Waals surface area contributed by atoms with Crippen LogP contribution in [-0.4, -0.2) is 129 Å². The molecule has 0 spiro atoms. The number of nitrogens with two attached hydrogens (primary N) is 1. The van der Waals surface area contributed by atoms with Gasteiger partial charge in [-0.25, -0.2) is 23.9 Å². The number of nitrogen functional groups attached to an aromatic ring is 1. The second-order valence-electron chi connectivity index (χ2n) is 16.4. The Morgan fingerprint density at radius 2 is 1.76 bits per heavy atom. The number of halogens is 1. The van der Waals surface area contributed by atoms with Crippen LogP contribution < -0.4 is 11.1 Å². The number of fused-ring (bicyclic) bond motifs is 1. The summed E-state index contributed by atoms with van der Waals surface area (Å²) in [6.07, 6.45) is -3.13. The number of hydrogen-bond acceptors (Lipinski definition) is 16. The normalized spacial score (nSPS) is 37.5. The summed E-state index contributed by atoms with van der Waals surface area (Å²) >= 11 is 0. The number of aliphatic hydroxyl groups excluding tert-OH is 1. The number of aromatic nitrogens is 3. The molecule has 0 unspecified atom stereocenters. The molecule has 0 aliphatic carbocycles.